The van der Waals surface area contributed by atoms with Crippen molar-refractivity contribution in [2.75, 3.05) is 0 Å². The van der Waals surface area contributed by atoms with E-state index in [1.807, 2.05) is 6.07 Å². The molecule has 2 aromatic carbocycles. The molecule has 1 atom stereocenters. The molecule has 0 aliphatic heterocycles. The zero-order chi connectivity index (χ0) is 14.0. The van der Waals surface area contributed by atoms with Gasteiger partial charge in [0.2, 0.25) is 0 Å². The van der Waals surface area contributed by atoms with Gasteiger partial charge in [-0.05, 0) is 64.2 Å². The molecule has 0 heterocycles. The van der Waals surface area contributed by atoms with Gasteiger partial charge in [0.25, 0.3) is 0 Å². The zero-order valence-electron chi connectivity index (χ0n) is 10.5. The van der Waals surface area contributed by atoms with Gasteiger partial charge in [0.15, 0.2) is 0 Å². The van der Waals surface area contributed by atoms with E-state index in [9.17, 15) is 8.78 Å². The molecule has 0 fully saturated rings. The number of hydrogen-bond donors (Lipinski definition) is 1. The second-order valence-corrected chi connectivity index (χ2v) is 5.42. The lowest BCUT2D eigenvalue weighted by Gasteiger charge is -2.13. The van der Waals surface area contributed by atoms with Crippen LogP contribution < -0.4 is 5.73 Å². The fourth-order valence-corrected chi connectivity index (χ4v) is 2.30. The molecule has 0 aromatic heterocycles. The van der Waals surface area contributed by atoms with E-state index in [2.05, 4.69) is 15.9 Å². The summed E-state index contributed by atoms with van der Waals surface area (Å²) >= 11 is 3.14. The van der Waals surface area contributed by atoms with Crippen molar-refractivity contribution in [3.63, 3.8) is 0 Å². The summed E-state index contributed by atoms with van der Waals surface area (Å²) in [5.41, 5.74) is 8.30. The van der Waals surface area contributed by atoms with Crippen molar-refractivity contribution in [3.8, 4) is 0 Å². The maximum absolute atomic E-state index is 13.5. The lowest BCUT2D eigenvalue weighted by molar-refractivity contribution is 0.608. The molecule has 4 heteroatoms. The van der Waals surface area contributed by atoms with Crippen LogP contribution in [0.1, 0.15) is 22.7 Å². The predicted molar refractivity (Wildman–Crippen MR) is 75.9 cm³/mol. The summed E-state index contributed by atoms with van der Waals surface area (Å²) in [5, 5.41) is 0. The van der Waals surface area contributed by atoms with Crippen LogP contribution in [-0.2, 0) is 6.42 Å². The Morgan fingerprint density at radius 2 is 1.84 bits per heavy atom. The molecule has 0 bridgehead atoms. The molecule has 2 N–H and O–H groups in total. The van der Waals surface area contributed by atoms with Crippen molar-refractivity contribution < 1.29 is 8.78 Å². The predicted octanol–water partition coefficient (Wildman–Crippen LogP) is 4.28. The lowest BCUT2D eigenvalue weighted by Crippen LogP contribution is -2.13. The molecule has 0 amide bonds. The van der Waals surface area contributed by atoms with Gasteiger partial charge in [-0.3, -0.25) is 0 Å². The number of nitrogens with two attached hydrogens (primary N) is 1. The van der Waals surface area contributed by atoms with Gasteiger partial charge in [-0.2, -0.15) is 0 Å². The van der Waals surface area contributed by atoms with Crippen molar-refractivity contribution >= 4 is 15.9 Å². The standard InChI is InChI=1S/C15H14BrF2N/c1-9-2-4-11(8-14(9)18)15(19)7-10-3-5-13(17)12(16)6-10/h2-6,8,15H,7,19H2,1H3. The zero-order valence-corrected chi connectivity index (χ0v) is 12.0. The van der Waals surface area contributed by atoms with Crippen LogP contribution in [0, 0.1) is 18.6 Å². The first-order chi connectivity index (χ1) is 8.97. The molecule has 2 aromatic rings. The Labute approximate surface area is 119 Å². The number of hydrogen-bond acceptors (Lipinski definition) is 1. The molecule has 19 heavy (non-hydrogen) atoms. The molecule has 1 unspecified atom stereocenters. The largest absolute Gasteiger partial charge is 0.324 e. The highest BCUT2D eigenvalue weighted by atomic mass is 79.9. The molecular weight excluding hydrogens is 312 g/mol. The highest BCUT2D eigenvalue weighted by Crippen LogP contribution is 2.22. The van der Waals surface area contributed by atoms with Gasteiger partial charge < -0.3 is 5.73 Å². The summed E-state index contributed by atoms with van der Waals surface area (Å²) < 4.78 is 27.0. The molecule has 0 radical (unpaired) electrons. The van der Waals surface area contributed by atoms with E-state index in [4.69, 9.17) is 5.73 Å². The van der Waals surface area contributed by atoms with Gasteiger partial charge in [0.1, 0.15) is 11.6 Å². The van der Waals surface area contributed by atoms with Crippen molar-refractivity contribution in [2.24, 2.45) is 5.73 Å². The van der Waals surface area contributed by atoms with Crippen LogP contribution >= 0.6 is 15.9 Å². The van der Waals surface area contributed by atoms with Crippen LogP contribution in [-0.4, -0.2) is 0 Å². The Kier molecular flexibility index (Phi) is 4.32. The van der Waals surface area contributed by atoms with Gasteiger partial charge in [-0.25, -0.2) is 8.78 Å². The quantitative estimate of drug-likeness (QED) is 0.895. The molecule has 0 saturated carbocycles. The lowest BCUT2D eigenvalue weighted by atomic mass is 9.98. The molecule has 2 rings (SSSR count). The first kappa shape index (κ1) is 14.2. The average molecular weight is 326 g/mol. The summed E-state index contributed by atoms with van der Waals surface area (Å²) in [4.78, 5) is 0. The first-order valence-corrected chi connectivity index (χ1v) is 6.72. The van der Waals surface area contributed by atoms with Crippen LogP contribution in [0.3, 0.4) is 0 Å². The van der Waals surface area contributed by atoms with E-state index in [0.29, 0.717) is 16.5 Å². The number of halogens is 3. The van der Waals surface area contributed by atoms with Crippen LogP contribution in [0.4, 0.5) is 8.78 Å². The molecule has 1 nitrogen and oxygen atoms in total. The van der Waals surface area contributed by atoms with Crippen molar-refractivity contribution in [1.82, 2.24) is 0 Å². The van der Waals surface area contributed by atoms with Crippen LogP contribution in [0.2, 0.25) is 0 Å². The van der Waals surface area contributed by atoms with E-state index in [-0.39, 0.29) is 17.7 Å². The Hall–Kier alpha value is -1.26. The second-order valence-electron chi connectivity index (χ2n) is 4.57. The fraction of sp³-hybridized carbons (Fsp3) is 0.200. The molecule has 0 spiro atoms. The van der Waals surface area contributed by atoms with Gasteiger partial charge >= 0.3 is 0 Å². The minimum atomic E-state index is -0.313. The topological polar surface area (TPSA) is 26.0 Å². The van der Waals surface area contributed by atoms with Crippen molar-refractivity contribution in [2.45, 2.75) is 19.4 Å². The van der Waals surface area contributed by atoms with Gasteiger partial charge in [0, 0.05) is 6.04 Å². The van der Waals surface area contributed by atoms with Crippen LogP contribution in [0.15, 0.2) is 40.9 Å². The van der Waals surface area contributed by atoms with E-state index in [1.165, 1.54) is 12.1 Å². The average Bonchev–Trinajstić information content (AvgIpc) is 2.37. The Bertz CT molecular complexity index is 599. The van der Waals surface area contributed by atoms with E-state index in [1.54, 1.807) is 25.1 Å². The second kappa shape index (κ2) is 5.80. The number of rotatable bonds is 3. The highest BCUT2D eigenvalue weighted by Gasteiger charge is 2.10. The van der Waals surface area contributed by atoms with E-state index < -0.39 is 0 Å². The minimum Gasteiger partial charge on any atom is -0.324 e. The third-order valence-electron chi connectivity index (χ3n) is 3.06. The fourth-order valence-electron chi connectivity index (χ4n) is 1.88. The monoisotopic (exact) mass is 325 g/mol. The van der Waals surface area contributed by atoms with Gasteiger partial charge in [0.05, 0.1) is 4.47 Å². The van der Waals surface area contributed by atoms with Crippen LogP contribution in [0.5, 0.6) is 0 Å². The number of aryl methyl sites for hydroxylation is 1. The van der Waals surface area contributed by atoms with E-state index >= 15 is 0 Å². The van der Waals surface area contributed by atoms with E-state index in [0.717, 1.165) is 11.1 Å². The Balaban J connectivity index is 2.17. The molecule has 100 valence electrons. The molecule has 0 aliphatic carbocycles. The van der Waals surface area contributed by atoms with Gasteiger partial charge in [-0.1, -0.05) is 18.2 Å². The normalized spacial score (nSPS) is 12.5. The smallest absolute Gasteiger partial charge is 0.137 e. The summed E-state index contributed by atoms with van der Waals surface area (Å²) in [6, 6.07) is 9.45. The van der Waals surface area contributed by atoms with Crippen molar-refractivity contribution in [3.05, 3.63) is 69.2 Å². The van der Waals surface area contributed by atoms with Crippen LogP contribution in [0.25, 0.3) is 0 Å². The minimum absolute atomic E-state index is 0.256. The summed E-state index contributed by atoms with van der Waals surface area (Å²) in [7, 11) is 0. The summed E-state index contributed by atoms with van der Waals surface area (Å²) in [6.45, 7) is 1.71. The maximum Gasteiger partial charge on any atom is 0.137 e. The SMILES string of the molecule is Cc1ccc(C(N)Cc2ccc(F)c(Br)c2)cc1F. The number of benzene rings is 2. The third kappa shape index (κ3) is 3.39. The Morgan fingerprint density at radius 3 is 2.47 bits per heavy atom. The highest BCUT2D eigenvalue weighted by molar-refractivity contribution is 9.10. The Morgan fingerprint density at radius 1 is 1.11 bits per heavy atom. The maximum atomic E-state index is 13.5. The summed E-state index contributed by atoms with van der Waals surface area (Å²) in [5.74, 6) is -0.563. The molecule has 0 aliphatic rings. The first-order valence-electron chi connectivity index (χ1n) is 5.93. The molecule has 0 saturated heterocycles. The summed E-state index contributed by atoms with van der Waals surface area (Å²) in [6.07, 6.45) is 0.529. The van der Waals surface area contributed by atoms with Gasteiger partial charge in [-0.15, -0.1) is 0 Å². The van der Waals surface area contributed by atoms with Crippen molar-refractivity contribution in [1.29, 1.82) is 0 Å². The molecular formula is C15H14BrF2N. The third-order valence-corrected chi connectivity index (χ3v) is 3.67.